The molecule has 0 aliphatic heterocycles. The average Bonchev–Trinajstić information content (AvgIpc) is 2.71. The third-order valence-corrected chi connectivity index (χ3v) is 5.49. The molecule has 3 aromatic rings. The molecule has 1 atom stereocenters. The number of allylic oxidation sites excluding steroid dienone is 1. The molecule has 0 fully saturated rings. The molecular formula is C26H19F9. The van der Waals surface area contributed by atoms with Crippen LogP contribution in [0.25, 0.3) is 28.3 Å². The van der Waals surface area contributed by atoms with Crippen molar-refractivity contribution in [2.45, 2.75) is 38.8 Å². The van der Waals surface area contributed by atoms with Crippen molar-refractivity contribution in [3.8, 4) is 22.3 Å². The molecule has 0 heterocycles. The van der Waals surface area contributed by atoms with Crippen LogP contribution in [0.4, 0.5) is 39.5 Å². The Balaban J connectivity index is 2.06. The summed E-state index contributed by atoms with van der Waals surface area (Å²) in [4.78, 5) is 0. The fourth-order valence-corrected chi connectivity index (χ4v) is 3.81. The van der Waals surface area contributed by atoms with Gasteiger partial charge in [0.25, 0.3) is 0 Å². The molecule has 0 saturated heterocycles. The summed E-state index contributed by atoms with van der Waals surface area (Å²) in [6.45, 7) is 3.70. The largest absolute Gasteiger partial charge is 0.409 e. The van der Waals surface area contributed by atoms with Crippen molar-refractivity contribution in [2.24, 2.45) is 0 Å². The van der Waals surface area contributed by atoms with Crippen LogP contribution < -0.4 is 0 Å². The van der Waals surface area contributed by atoms with Gasteiger partial charge in [-0.25, -0.2) is 26.3 Å². The zero-order valence-corrected chi connectivity index (χ0v) is 18.5. The number of rotatable bonds is 6. The van der Waals surface area contributed by atoms with E-state index in [1.807, 2.05) is 6.92 Å². The number of halogens is 9. The molecule has 186 valence electrons. The third kappa shape index (κ3) is 5.89. The maximum absolute atomic E-state index is 14.8. The minimum atomic E-state index is -4.83. The zero-order chi connectivity index (χ0) is 26.1. The van der Waals surface area contributed by atoms with Crippen molar-refractivity contribution >= 4 is 6.08 Å². The summed E-state index contributed by atoms with van der Waals surface area (Å²) in [5, 5.41) is 0. The Labute approximate surface area is 195 Å². The van der Waals surface area contributed by atoms with Crippen LogP contribution >= 0.6 is 0 Å². The molecular weight excluding hydrogens is 483 g/mol. The number of benzene rings is 3. The van der Waals surface area contributed by atoms with Gasteiger partial charge >= 0.3 is 6.18 Å². The third-order valence-electron chi connectivity index (χ3n) is 5.49. The van der Waals surface area contributed by atoms with Gasteiger partial charge in [-0.05, 0) is 71.5 Å². The summed E-state index contributed by atoms with van der Waals surface area (Å²) < 4.78 is 124. The van der Waals surface area contributed by atoms with Crippen LogP contribution in [0.15, 0.2) is 42.5 Å². The summed E-state index contributed by atoms with van der Waals surface area (Å²) >= 11 is 0. The van der Waals surface area contributed by atoms with Crippen LogP contribution in [0.1, 0.15) is 43.7 Å². The van der Waals surface area contributed by atoms with Gasteiger partial charge in [0.15, 0.2) is 0 Å². The predicted octanol–water partition coefficient (Wildman–Crippen LogP) is 9.33. The highest BCUT2D eigenvalue weighted by Gasteiger charge is 2.24. The lowest BCUT2D eigenvalue weighted by Gasteiger charge is -2.15. The molecule has 0 aliphatic rings. The summed E-state index contributed by atoms with van der Waals surface area (Å²) in [5.74, 6) is -7.94. The lowest BCUT2D eigenvalue weighted by atomic mass is 9.92. The van der Waals surface area contributed by atoms with Crippen LogP contribution in [0.2, 0.25) is 0 Å². The van der Waals surface area contributed by atoms with Gasteiger partial charge in [0, 0.05) is 11.6 Å². The van der Waals surface area contributed by atoms with E-state index in [4.69, 9.17) is 0 Å². The van der Waals surface area contributed by atoms with Crippen LogP contribution in [-0.4, -0.2) is 6.18 Å². The highest BCUT2D eigenvalue weighted by atomic mass is 19.4. The first-order chi connectivity index (χ1) is 16.3. The Kier molecular flexibility index (Phi) is 7.67. The first-order valence-electron chi connectivity index (χ1n) is 10.6. The van der Waals surface area contributed by atoms with Crippen molar-refractivity contribution in [1.29, 1.82) is 0 Å². The Morgan fingerprint density at radius 2 is 1.09 bits per heavy atom. The highest BCUT2D eigenvalue weighted by Crippen LogP contribution is 2.36. The molecule has 0 radical (unpaired) electrons. The van der Waals surface area contributed by atoms with Crippen LogP contribution in [-0.2, 0) is 0 Å². The molecule has 9 heteroatoms. The normalized spacial score (nSPS) is 13.0. The molecule has 3 aromatic carbocycles. The molecule has 0 aromatic heterocycles. The fourth-order valence-electron chi connectivity index (χ4n) is 3.81. The van der Waals surface area contributed by atoms with E-state index in [0.29, 0.717) is 36.2 Å². The molecule has 0 nitrogen and oxygen atoms in total. The average molecular weight is 502 g/mol. The predicted molar refractivity (Wildman–Crippen MR) is 115 cm³/mol. The second kappa shape index (κ2) is 10.2. The molecule has 0 bridgehead atoms. The molecule has 0 amide bonds. The molecule has 0 spiro atoms. The van der Waals surface area contributed by atoms with E-state index in [-0.39, 0.29) is 18.1 Å². The van der Waals surface area contributed by atoms with Gasteiger partial charge < -0.3 is 0 Å². The van der Waals surface area contributed by atoms with Crippen LogP contribution in [0.5, 0.6) is 0 Å². The topological polar surface area (TPSA) is 0 Å². The second-order valence-electron chi connectivity index (χ2n) is 8.09. The van der Waals surface area contributed by atoms with E-state index in [2.05, 4.69) is 0 Å². The number of alkyl halides is 3. The molecule has 3 rings (SSSR count). The second-order valence-corrected chi connectivity index (χ2v) is 8.09. The van der Waals surface area contributed by atoms with Crippen molar-refractivity contribution in [1.82, 2.24) is 0 Å². The van der Waals surface area contributed by atoms with Gasteiger partial charge in [-0.1, -0.05) is 20.3 Å². The van der Waals surface area contributed by atoms with Gasteiger partial charge in [-0.3, -0.25) is 0 Å². The van der Waals surface area contributed by atoms with Gasteiger partial charge in [0.2, 0.25) is 0 Å². The zero-order valence-electron chi connectivity index (χ0n) is 18.5. The maximum atomic E-state index is 14.8. The summed E-state index contributed by atoms with van der Waals surface area (Å²) in [7, 11) is 0. The van der Waals surface area contributed by atoms with Gasteiger partial charge in [-0.2, -0.15) is 13.2 Å². The Hall–Kier alpha value is -3.23. The van der Waals surface area contributed by atoms with E-state index >= 15 is 0 Å². The van der Waals surface area contributed by atoms with Gasteiger partial charge in [-0.15, -0.1) is 0 Å². The van der Waals surface area contributed by atoms with E-state index in [1.54, 1.807) is 6.92 Å². The van der Waals surface area contributed by atoms with Gasteiger partial charge in [0.1, 0.15) is 34.9 Å². The van der Waals surface area contributed by atoms with Crippen molar-refractivity contribution in [2.75, 3.05) is 0 Å². The smallest absolute Gasteiger partial charge is 0.206 e. The molecule has 0 saturated carbocycles. The van der Waals surface area contributed by atoms with Crippen molar-refractivity contribution in [3.63, 3.8) is 0 Å². The highest BCUT2D eigenvalue weighted by molar-refractivity contribution is 5.73. The monoisotopic (exact) mass is 502 g/mol. The summed E-state index contributed by atoms with van der Waals surface area (Å²) in [5.41, 5.74) is -3.37. The lowest BCUT2D eigenvalue weighted by molar-refractivity contribution is -0.0790. The Bertz CT molecular complexity index is 1200. The number of hydrogen-bond donors (Lipinski definition) is 0. The first kappa shape index (κ1) is 26.4. The standard InChI is InChI=1S/C26H19F9/c1-3-4-13(2)14-7-20(29)25(21(30)8-14)16-11-22(31)24(23(32)12-16)15-9-18(27)17(19(28)10-15)5-6-26(33,34)35/h5-13H,3-4H2,1-2H3/b6-5+. The Morgan fingerprint density at radius 3 is 1.49 bits per heavy atom. The molecule has 35 heavy (non-hydrogen) atoms. The SMILES string of the molecule is CCCC(C)c1cc(F)c(-c2cc(F)c(-c3cc(F)c(/C=C/C(F)(F)F)c(F)c3)c(F)c2)c(F)c1. The van der Waals surface area contributed by atoms with Crippen LogP contribution in [0.3, 0.4) is 0 Å². The summed E-state index contributed by atoms with van der Waals surface area (Å²) in [6.07, 6.45) is -3.61. The minimum absolute atomic E-state index is 0.146. The molecule has 1 unspecified atom stereocenters. The van der Waals surface area contributed by atoms with Crippen molar-refractivity contribution in [3.05, 3.63) is 88.5 Å². The van der Waals surface area contributed by atoms with E-state index in [9.17, 15) is 39.5 Å². The molecule has 0 N–H and O–H groups in total. The summed E-state index contributed by atoms with van der Waals surface area (Å²) in [6, 6.07) is 4.32. The maximum Gasteiger partial charge on any atom is 0.409 e. The lowest BCUT2D eigenvalue weighted by Crippen LogP contribution is -2.02. The Morgan fingerprint density at radius 1 is 0.686 bits per heavy atom. The van der Waals surface area contributed by atoms with E-state index < -0.39 is 68.9 Å². The quantitative estimate of drug-likeness (QED) is 0.295. The first-order valence-corrected chi connectivity index (χ1v) is 10.6. The van der Waals surface area contributed by atoms with Gasteiger partial charge in [0.05, 0.1) is 11.1 Å². The molecule has 0 aliphatic carbocycles. The van der Waals surface area contributed by atoms with E-state index in [1.165, 1.54) is 0 Å². The minimum Gasteiger partial charge on any atom is -0.206 e. The van der Waals surface area contributed by atoms with Crippen LogP contribution in [0, 0.1) is 34.9 Å². The van der Waals surface area contributed by atoms with Crippen molar-refractivity contribution < 1.29 is 39.5 Å². The fraction of sp³-hybridized carbons (Fsp3) is 0.231. The number of hydrogen-bond acceptors (Lipinski definition) is 0. The van der Waals surface area contributed by atoms with E-state index in [0.717, 1.165) is 18.6 Å².